The molecule has 1 aliphatic heterocycles. The van der Waals surface area contributed by atoms with E-state index < -0.39 is 0 Å². The smallest absolute Gasteiger partial charge is 0.165 e. The van der Waals surface area contributed by atoms with Gasteiger partial charge in [0.15, 0.2) is 11.5 Å². The molecule has 2 bridgehead atoms. The molecule has 2 unspecified atom stereocenters. The van der Waals surface area contributed by atoms with Crippen LogP contribution >= 0.6 is 12.4 Å². The molecule has 3 rings (SSSR count). The number of benzene rings is 1. The average molecular weight is 298 g/mol. The van der Waals surface area contributed by atoms with Gasteiger partial charge >= 0.3 is 0 Å². The van der Waals surface area contributed by atoms with Crippen LogP contribution in [0.4, 0.5) is 0 Å². The summed E-state index contributed by atoms with van der Waals surface area (Å²) in [5, 5.41) is 0. The first-order valence-electron chi connectivity index (χ1n) is 7.05. The molecule has 0 aromatic heterocycles. The first-order chi connectivity index (χ1) is 9.02. The summed E-state index contributed by atoms with van der Waals surface area (Å²) in [6.45, 7) is 2.24. The molecule has 3 nitrogen and oxygen atoms in total. The van der Waals surface area contributed by atoms with Crippen molar-refractivity contribution in [2.24, 2.45) is 0 Å². The monoisotopic (exact) mass is 297 g/mol. The van der Waals surface area contributed by atoms with Crippen LogP contribution in [0.2, 0.25) is 0 Å². The van der Waals surface area contributed by atoms with Crippen LogP contribution in [-0.2, 0) is 0 Å². The maximum absolute atomic E-state index is 6.34. The Morgan fingerprint density at radius 1 is 1.30 bits per heavy atom. The summed E-state index contributed by atoms with van der Waals surface area (Å²) in [6.07, 6.45) is 3.43. The SMILES string of the molecule is COc1cccc2c1OC1(C)CC2C[C@H](N(C)C)C1.Cl. The molecule has 0 radical (unpaired) electrons. The van der Waals surface area contributed by atoms with Gasteiger partial charge in [0.1, 0.15) is 5.60 Å². The molecular weight excluding hydrogens is 274 g/mol. The van der Waals surface area contributed by atoms with E-state index in [1.807, 2.05) is 6.07 Å². The topological polar surface area (TPSA) is 21.7 Å². The lowest BCUT2D eigenvalue weighted by molar-refractivity contribution is -0.0126. The Morgan fingerprint density at radius 2 is 2.05 bits per heavy atom. The first kappa shape index (κ1) is 15.5. The molecule has 112 valence electrons. The third-order valence-electron chi connectivity index (χ3n) is 4.65. The zero-order chi connectivity index (χ0) is 13.6. The fourth-order valence-corrected chi connectivity index (χ4v) is 3.68. The van der Waals surface area contributed by atoms with Crippen LogP contribution in [0.3, 0.4) is 0 Å². The van der Waals surface area contributed by atoms with E-state index in [1.165, 1.54) is 12.0 Å². The molecule has 1 fully saturated rings. The molecule has 20 heavy (non-hydrogen) atoms. The molecular formula is C16H24ClNO2. The van der Waals surface area contributed by atoms with E-state index in [0.29, 0.717) is 12.0 Å². The Balaban J connectivity index is 0.00000147. The maximum Gasteiger partial charge on any atom is 0.165 e. The van der Waals surface area contributed by atoms with Gasteiger partial charge in [0.05, 0.1) is 7.11 Å². The van der Waals surface area contributed by atoms with E-state index in [1.54, 1.807) is 7.11 Å². The lowest BCUT2D eigenvalue weighted by Crippen LogP contribution is -2.49. The number of rotatable bonds is 2. The van der Waals surface area contributed by atoms with Gasteiger partial charge in [0.25, 0.3) is 0 Å². The summed E-state index contributed by atoms with van der Waals surface area (Å²) in [5.74, 6) is 2.43. The number of halogens is 1. The van der Waals surface area contributed by atoms with Gasteiger partial charge in [-0.05, 0) is 45.8 Å². The second-order valence-electron chi connectivity index (χ2n) is 6.39. The fourth-order valence-electron chi connectivity index (χ4n) is 3.68. The predicted octanol–water partition coefficient (Wildman–Crippen LogP) is 3.47. The van der Waals surface area contributed by atoms with Crippen LogP contribution < -0.4 is 9.47 Å². The number of fused-ring (bicyclic) bond motifs is 4. The van der Waals surface area contributed by atoms with Crippen molar-refractivity contribution in [3.8, 4) is 11.5 Å². The third-order valence-corrected chi connectivity index (χ3v) is 4.65. The van der Waals surface area contributed by atoms with Gasteiger partial charge in [-0.25, -0.2) is 0 Å². The summed E-state index contributed by atoms with van der Waals surface area (Å²) in [5.41, 5.74) is 1.27. The molecule has 1 saturated carbocycles. The highest BCUT2D eigenvalue weighted by Gasteiger charge is 2.45. The Morgan fingerprint density at radius 3 is 2.70 bits per heavy atom. The van der Waals surface area contributed by atoms with Crippen LogP contribution in [0.5, 0.6) is 11.5 Å². The molecule has 1 heterocycles. The normalized spacial score (nSPS) is 31.1. The van der Waals surface area contributed by atoms with Crippen LogP contribution in [0.15, 0.2) is 18.2 Å². The Kier molecular flexibility index (Phi) is 4.22. The first-order valence-corrected chi connectivity index (χ1v) is 7.05. The largest absolute Gasteiger partial charge is 0.493 e. The molecule has 3 atom stereocenters. The summed E-state index contributed by atoms with van der Waals surface area (Å²) >= 11 is 0. The summed E-state index contributed by atoms with van der Waals surface area (Å²) in [7, 11) is 6.05. The standard InChI is InChI=1S/C16H23NO2.ClH/c1-16-9-11(8-12(10-16)17(2)3)13-6-5-7-14(18-4)15(13)19-16;/h5-7,11-12H,8-10H2,1-4H3;1H/t11?,12-,16?;/m0./s1. The Labute approximate surface area is 127 Å². The Bertz CT molecular complexity index is 491. The van der Waals surface area contributed by atoms with Crippen molar-refractivity contribution in [1.82, 2.24) is 4.90 Å². The highest BCUT2D eigenvalue weighted by atomic mass is 35.5. The van der Waals surface area contributed by atoms with Crippen molar-refractivity contribution in [1.29, 1.82) is 0 Å². The van der Waals surface area contributed by atoms with E-state index in [4.69, 9.17) is 9.47 Å². The lowest BCUT2D eigenvalue weighted by atomic mass is 9.71. The van der Waals surface area contributed by atoms with Gasteiger partial charge < -0.3 is 14.4 Å². The zero-order valence-electron chi connectivity index (χ0n) is 12.7. The quantitative estimate of drug-likeness (QED) is 0.834. The molecule has 0 saturated heterocycles. The second kappa shape index (κ2) is 5.45. The summed E-state index contributed by atoms with van der Waals surface area (Å²) in [6, 6.07) is 6.86. The number of para-hydroxylation sites is 1. The highest BCUT2D eigenvalue weighted by molar-refractivity contribution is 5.85. The van der Waals surface area contributed by atoms with Crippen molar-refractivity contribution in [2.75, 3.05) is 21.2 Å². The average Bonchev–Trinajstić information content (AvgIpc) is 2.36. The minimum Gasteiger partial charge on any atom is -0.493 e. The van der Waals surface area contributed by atoms with Crippen molar-refractivity contribution >= 4 is 12.4 Å². The van der Waals surface area contributed by atoms with Crippen LogP contribution in [0.25, 0.3) is 0 Å². The van der Waals surface area contributed by atoms with Gasteiger partial charge in [-0.2, -0.15) is 0 Å². The number of hydrogen-bond donors (Lipinski definition) is 0. The molecule has 1 aromatic carbocycles. The highest BCUT2D eigenvalue weighted by Crippen LogP contribution is 2.52. The van der Waals surface area contributed by atoms with E-state index in [-0.39, 0.29) is 18.0 Å². The van der Waals surface area contributed by atoms with Gasteiger partial charge in [-0.1, -0.05) is 12.1 Å². The molecule has 1 aliphatic carbocycles. The Hall–Kier alpha value is -0.930. The number of hydrogen-bond acceptors (Lipinski definition) is 3. The number of ether oxygens (including phenoxy) is 2. The van der Waals surface area contributed by atoms with Crippen molar-refractivity contribution in [3.63, 3.8) is 0 Å². The number of methoxy groups -OCH3 is 1. The minimum atomic E-state index is -0.0561. The van der Waals surface area contributed by atoms with E-state index in [2.05, 4.69) is 38.1 Å². The van der Waals surface area contributed by atoms with Gasteiger partial charge in [0.2, 0.25) is 0 Å². The molecule has 0 spiro atoms. The molecule has 0 N–H and O–H groups in total. The van der Waals surface area contributed by atoms with E-state index in [0.717, 1.165) is 24.3 Å². The van der Waals surface area contributed by atoms with Crippen molar-refractivity contribution in [3.05, 3.63) is 23.8 Å². The molecule has 1 aromatic rings. The van der Waals surface area contributed by atoms with Crippen LogP contribution in [-0.4, -0.2) is 37.7 Å². The minimum absolute atomic E-state index is 0. The molecule has 2 aliphatic rings. The van der Waals surface area contributed by atoms with Crippen LogP contribution in [0, 0.1) is 0 Å². The van der Waals surface area contributed by atoms with Gasteiger partial charge in [0, 0.05) is 18.0 Å². The van der Waals surface area contributed by atoms with Crippen LogP contribution in [0.1, 0.15) is 37.7 Å². The maximum atomic E-state index is 6.34. The number of nitrogens with zero attached hydrogens (tertiary/aromatic N) is 1. The summed E-state index contributed by atoms with van der Waals surface area (Å²) < 4.78 is 11.8. The fraction of sp³-hybridized carbons (Fsp3) is 0.625. The predicted molar refractivity (Wildman–Crippen MR) is 83.3 cm³/mol. The van der Waals surface area contributed by atoms with E-state index >= 15 is 0 Å². The van der Waals surface area contributed by atoms with Gasteiger partial charge in [-0.15, -0.1) is 12.4 Å². The van der Waals surface area contributed by atoms with Crippen molar-refractivity contribution < 1.29 is 9.47 Å². The molecule has 4 heteroatoms. The van der Waals surface area contributed by atoms with Gasteiger partial charge in [-0.3, -0.25) is 0 Å². The van der Waals surface area contributed by atoms with E-state index in [9.17, 15) is 0 Å². The lowest BCUT2D eigenvalue weighted by Gasteiger charge is -2.48. The van der Waals surface area contributed by atoms with Crippen molar-refractivity contribution in [2.45, 2.75) is 43.7 Å². The summed E-state index contributed by atoms with van der Waals surface area (Å²) in [4.78, 5) is 2.33. The molecule has 0 amide bonds. The zero-order valence-corrected chi connectivity index (χ0v) is 13.5. The second-order valence-corrected chi connectivity index (χ2v) is 6.39. The third kappa shape index (κ3) is 2.49.